The van der Waals surface area contributed by atoms with Gasteiger partial charge in [0.15, 0.2) is 0 Å². The molecule has 3 rings (SSSR count). The van der Waals surface area contributed by atoms with Gasteiger partial charge in [0.1, 0.15) is 4.90 Å². The van der Waals surface area contributed by atoms with Crippen molar-refractivity contribution in [3.8, 4) is 0 Å². The van der Waals surface area contributed by atoms with Gasteiger partial charge in [-0.2, -0.15) is 0 Å². The van der Waals surface area contributed by atoms with Crippen LogP contribution in [0.2, 0.25) is 5.02 Å². The molecule has 150 valence electrons. The van der Waals surface area contributed by atoms with Gasteiger partial charge in [0.2, 0.25) is 0 Å². The number of hydrogen-bond acceptors (Lipinski definition) is 3. The minimum absolute atomic E-state index is 0.0248. The summed E-state index contributed by atoms with van der Waals surface area (Å²) in [6.45, 7) is 5.58. The molecule has 1 heterocycles. The van der Waals surface area contributed by atoms with Crippen molar-refractivity contribution in [1.29, 1.82) is 0 Å². The molecule has 0 saturated carbocycles. The van der Waals surface area contributed by atoms with E-state index in [2.05, 4.69) is 6.92 Å². The van der Waals surface area contributed by atoms with Crippen molar-refractivity contribution in [1.82, 2.24) is 4.90 Å². The highest BCUT2D eigenvalue weighted by molar-refractivity contribution is 7.93. The molecular formula is C21H25ClN2O3S. The van der Waals surface area contributed by atoms with E-state index >= 15 is 0 Å². The van der Waals surface area contributed by atoms with Gasteiger partial charge in [-0.25, -0.2) is 8.42 Å². The molecule has 0 radical (unpaired) electrons. The molecule has 0 atom stereocenters. The molecule has 2 aromatic carbocycles. The molecule has 0 aliphatic carbocycles. The van der Waals surface area contributed by atoms with Gasteiger partial charge < -0.3 is 4.90 Å². The van der Waals surface area contributed by atoms with E-state index < -0.39 is 10.0 Å². The fourth-order valence-corrected chi connectivity index (χ4v) is 5.45. The number of anilines is 1. The van der Waals surface area contributed by atoms with E-state index in [1.807, 2.05) is 25.1 Å². The number of carbonyl (C=O) groups excluding carboxylic acids is 1. The van der Waals surface area contributed by atoms with Crippen LogP contribution in [0.1, 0.15) is 42.6 Å². The number of amides is 1. The van der Waals surface area contributed by atoms with Crippen molar-refractivity contribution in [2.45, 2.75) is 38.0 Å². The number of carbonyl (C=O) groups is 1. The third-order valence-electron chi connectivity index (χ3n) is 5.04. The predicted molar refractivity (Wildman–Crippen MR) is 113 cm³/mol. The minimum Gasteiger partial charge on any atom is -0.339 e. The number of halogens is 1. The lowest BCUT2D eigenvalue weighted by atomic mass is 10.2. The minimum atomic E-state index is -3.86. The van der Waals surface area contributed by atoms with Gasteiger partial charge in [-0.15, -0.1) is 0 Å². The smallest absolute Gasteiger partial charge is 0.265 e. The number of para-hydroxylation sites is 1. The van der Waals surface area contributed by atoms with Gasteiger partial charge in [-0.1, -0.05) is 43.1 Å². The van der Waals surface area contributed by atoms with Crippen LogP contribution in [0.15, 0.2) is 47.4 Å². The molecular weight excluding hydrogens is 396 g/mol. The van der Waals surface area contributed by atoms with Crippen LogP contribution < -0.4 is 4.31 Å². The normalized spacial score (nSPS) is 13.5. The van der Waals surface area contributed by atoms with Crippen molar-refractivity contribution < 1.29 is 13.2 Å². The second-order valence-corrected chi connectivity index (χ2v) is 9.08. The first kappa shape index (κ1) is 20.7. The molecule has 1 aliphatic heterocycles. The van der Waals surface area contributed by atoms with Crippen molar-refractivity contribution in [3.63, 3.8) is 0 Å². The summed E-state index contributed by atoms with van der Waals surface area (Å²) < 4.78 is 28.0. The molecule has 1 amide bonds. The number of rotatable bonds is 7. The summed E-state index contributed by atoms with van der Waals surface area (Å²) in [6.07, 6.45) is 2.55. The van der Waals surface area contributed by atoms with E-state index in [-0.39, 0.29) is 15.8 Å². The van der Waals surface area contributed by atoms with E-state index in [4.69, 9.17) is 11.6 Å². The van der Waals surface area contributed by atoms with Crippen LogP contribution in [-0.4, -0.2) is 38.9 Å². The number of benzene rings is 2. The Hall–Kier alpha value is -2.05. The fraction of sp³-hybridized carbons (Fsp3) is 0.381. The van der Waals surface area contributed by atoms with E-state index in [0.717, 1.165) is 18.4 Å². The van der Waals surface area contributed by atoms with Crippen molar-refractivity contribution in [2.24, 2.45) is 0 Å². The zero-order chi connectivity index (χ0) is 20.3. The molecule has 28 heavy (non-hydrogen) atoms. The van der Waals surface area contributed by atoms with E-state index in [0.29, 0.717) is 37.3 Å². The lowest BCUT2D eigenvalue weighted by Gasteiger charge is -2.23. The third-order valence-corrected chi connectivity index (χ3v) is 7.34. The van der Waals surface area contributed by atoms with E-state index in [1.165, 1.54) is 16.4 Å². The Morgan fingerprint density at radius 3 is 2.64 bits per heavy atom. The standard InChI is InChI=1S/C21H25ClN2O3S/c1-3-5-13-23(4-2)21(25)17-10-11-18(22)20(15-17)28(26,27)24-14-12-16-8-6-7-9-19(16)24/h6-11,15H,3-5,12-14H2,1-2H3. The average molecular weight is 421 g/mol. The van der Waals surface area contributed by atoms with Crippen LogP contribution in [0.25, 0.3) is 0 Å². The predicted octanol–water partition coefficient (Wildman–Crippen LogP) is 4.35. The third kappa shape index (κ3) is 3.89. The first-order valence-corrected chi connectivity index (χ1v) is 11.4. The Balaban J connectivity index is 1.97. The molecule has 7 heteroatoms. The second kappa shape index (κ2) is 8.53. The van der Waals surface area contributed by atoms with Crippen molar-refractivity contribution >= 4 is 33.2 Å². The van der Waals surface area contributed by atoms with Crippen LogP contribution in [-0.2, 0) is 16.4 Å². The summed E-state index contributed by atoms with van der Waals surface area (Å²) in [5.41, 5.74) is 2.01. The summed E-state index contributed by atoms with van der Waals surface area (Å²) in [5, 5.41) is 0.123. The Kier molecular flexibility index (Phi) is 6.30. The Bertz CT molecular complexity index is 975. The molecule has 0 bridgehead atoms. The summed E-state index contributed by atoms with van der Waals surface area (Å²) >= 11 is 6.26. The largest absolute Gasteiger partial charge is 0.339 e. The summed E-state index contributed by atoms with van der Waals surface area (Å²) in [7, 11) is -3.86. The zero-order valence-electron chi connectivity index (χ0n) is 16.2. The van der Waals surface area contributed by atoms with Gasteiger partial charge in [-0.05, 0) is 49.6 Å². The Labute approximate surface area is 172 Å². The molecule has 0 N–H and O–H groups in total. The molecule has 0 aromatic heterocycles. The van der Waals surface area contributed by atoms with E-state index in [9.17, 15) is 13.2 Å². The number of unbranched alkanes of at least 4 members (excludes halogenated alkanes) is 1. The number of sulfonamides is 1. The van der Waals surface area contributed by atoms with Crippen molar-refractivity contribution in [2.75, 3.05) is 23.9 Å². The second-order valence-electron chi connectivity index (χ2n) is 6.84. The highest BCUT2D eigenvalue weighted by Crippen LogP contribution is 2.35. The summed E-state index contributed by atoms with van der Waals surface area (Å²) in [5.74, 6) is -0.175. The first-order valence-electron chi connectivity index (χ1n) is 9.59. The quantitative estimate of drug-likeness (QED) is 0.668. The number of hydrogen-bond donors (Lipinski definition) is 0. The van der Waals surface area contributed by atoms with Crippen LogP contribution in [0.4, 0.5) is 5.69 Å². The van der Waals surface area contributed by atoms with Crippen LogP contribution in [0.5, 0.6) is 0 Å². The maximum atomic E-state index is 13.3. The lowest BCUT2D eigenvalue weighted by molar-refractivity contribution is 0.0762. The van der Waals surface area contributed by atoms with Gasteiger partial charge in [0.25, 0.3) is 15.9 Å². The lowest BCUT2D eigenvalue weighted by Crippen LogP contribution is -2.32. The Morgan fingerprint density at radius 1 is 1.18 bits per heavy atom. The summed E-state index contributed by atoms with van der Waals surface area (Å²) in [6, 6.07) is 12.0. The zero-order valence-corrected chi connectivity index (χ0v) is 17.8. The highest BCUT2D eigenvalue weighted by atomic mass is 35.5. The number of nitrogens with zero attached hydrogens (tertiary/aromatic N) is 2. The monoisotopic (exact) mass is 420 g/mol. The number of fused-ring (bicyclic) bond motifs is 1. The fourth-order valence-electron chi connectivity index (χ4n) is 3.45. The van der Waals surface area contributed by atoms with Crippen LogP contribution >= 0.6 is 11.6 Å². The average Bonchev–Trinajstić information content (AvgIpc) is 3.13. The maximum Gasteiger partial charge on any atom is 0.265 e. The molecule has 5 nitrogen and oxygen atoms in total. The molecule has 0 fully saturated rings. The maximum absolute atomic E-state index is 13.3. The van der Waals surface area contributed by atoms with Crippen LogP contribution in [0, 0.1) is 0 Å². The van der Waals surface area contributed by atoms with E-state index in [1.54, 1.807) is 17.0 Å². The summed E-state index contributed by atoms with van der Waals surface area (Å²) in [4.78, 5) is 14.6. The first-order chi connectivity index (χ1) is 13.4. The van der Waals surface area contributed by atoms with Gasteiger partial charge in [0.05, 0.1) is 10.7 Å². The molecule has 0 spiro atoms. The van der Waals surface area contributed by atoms with Crippen LogP contribution in [0.3, 0.4) is 0 Å². The topological polar surface area (TPSA) is 57.7 Å². The van der Waals surface area contributed by atoms with Gasteiger partial charge in [0, 0.05) is 25.2 Å². The van der Waals surface area contributed by atoms with Crippen molar-refractivity contribution in [3.05, 3.63) is 58.6 Å². The molecule has 0 saturated heterocycles. The molecule has 2 aromatic rings. The molecule has 0 unspecified atom stereocenters. The highest BCUT2D eigenvalue weighted by Gasteiger charge is 2.32. The van der Waals surface area contributed by atoms with Gasteiger partial charge >= 0.3 is 0 Å². The SMILES string of the molecule is CCCCN(CC)C(=O)c1ccc(Cl)c(S(=O)(=O)N2CCc3ccccc32)c1. The van der Waals surface area contributed by atoms with Gasteiger partial charge in [-0.3, -0.25) is 9.10 Å². The Morgan fingerprint density at radius 2 is 1.93 bits per heavy atom. The molecule has 1 aliphatic rings.